The Morgan fingerprint density at radius 1 is 1.03 bits per heavy atom. The van der Waals surface area contributed by atoms with Crippen molar-refractivity contribution in [2.24, 2.45) is 0 Å². The zero-order chi connectivity index (χ0) is 23.0. The van der Waals surface area contributed by atoms with Crippen LogP contribution in [0.4, 0.5) is 0 Å². The fraction of sp³-hybridized carbons (Fsp3) is 0.483. The highest BCUT2D eigenvalue weighted by molar-refractivity contribution is 5.85. The van der Waals surface area contributed by atoms with Gasteiger partial charge in [0.2, 0.25) is 5.91 Å². The van der Waals surface area contributed by atoms with Crippen molar-refractivity contribution >= 4 is 16.8 Å². The first-order valence-corrected chi connectivity index (χ1v) is 12.7. The largest absolute Gasteiger partial charge is 0.356 e. The molecule has 1 heterocycles. The smallest absolute Gasteiger partial charge is 0.220 e. The first-order valence-electron chi connectivity index (χ1n) is 12.7. The molecule has 0 saturated heterocycles. The van der Waals surface area contributed by atoms with Crippen molar-refractivity contribution in [2.75, 3.05) is 20.1 Å². The molecule has 176 valence electrons. The van der Waals surface area contributed by atoms with Crippen LogP contribution in [-0.2, 0) is 17.8 Å². The summed E-state index contributed by atoms with van der Waals surface area (Å²) in [6.07, 6.45) is 11.4. The minimum Gasteiger partial charge on any atom is -0.356 e. The Hall–Kier alpha value is -2.59. The number of amides is 1. The average molecular weight is 446 g/mol. The molecule has 4 rings (SSSR count). The van der Waals surface area contributed by atoms with Crippen molar-refractivity contribution in [1.82, 2.24) is 14.8 Å². The standard InChI is InChI=1S/C29H39N3O/c1-23-11-6-7-12-24(23)21-32-22-25(27-15-8-9-16-28(27)32)17-18-29(33)30-19-10-20-31(2)26-13-4-3-5-14-26/h6-9,11-12,15-16,22,26H,3-5,10,13-14,17-21H2,1-2H3,(H,30,33). The van der Waals surface area contributed by atoms with E-state index in [1.165, 1.54) is 59.7 Å². The molecular weight excluding hydrogens is 406 g/mol. The number of aromatic nitrogens is 1. The summed E-state index contributed by atoms with van der Waals surface area (Å²) < 4.78 is 2.33. The minimum atomic E-state index is 0.158. The third-order valence-corrected chi connectivity index (χ3v) is 7.30. The number of hydrogen-bond donors (Lipinski definition) is 1. The molecule has 1 aliphatic rings. The van der Waals surface area contributed by atoms with Gasteiger partial charge in [-0.15, -0.1) is 0 Å². The van der Waals surface area contributed by atoms with E-state index in [4.69, 9.17) is 0 Å². The Labute approximate surface area is 199 Å². The number of carbonyl (C=O) groups excluding carboxylic acids is 1. The minimum absolute atomic E-state index is 0.158. The number of nitrogens with zero attached hydrogens (tertiary/aromatic N) is 2. The maximum atomic E-state index is 12.5. The average Bonchev–Trinajstić information content (AvgIpc) is 3.20. The van der Waals surface area contributed by atoms with Gasteiger partial charge in [0.1, 0.15) is 0 Å². The first kappa shape index (κ1) is 23.6. The van der Waals surface area contributed by atoms with Crippen molar-refractivity contribution in [2.45, 2.75) is 70.9 Å². The second-order valence-electron chi connectivity index (χ2n) is 9.70. The van der Waals surface area contributed by atoms with E-state index in [9.17, 15) is 4.79 Å². The van der Waals surface area contributed by atoms with Crippen LogP contribution >= 0.6 is 0 Å². The highest BCUT2D eigenvalue weighted by Gasteiger charge is 2.17. The predicted molar refractivity (Wildman–Crippen MR) is 138 cm³/mol. The van der Waals surface area contributed by atoms with E-state index in [0.29, 0.717) is 6.42 Å². The quantitative estimate of drug-likeness (QED) is 0.406. The van der Waals surface area contributed by atoms with Gasteiger partial charge in [0.15, 0.2) is 0 Å². The summed E-state index contributed by atoms with van der Waals surface area (Å²) in [7, 11) is 2.24. The van der Waals surface area contributed by atoms with Crippen LogP contribution in [0.5, 0.6) is 0 Å². The van der Waals surface area contributed by atoms with Gasteiger partial charge in [-0.2, -0.15) is 0 Å². The molecule has 1 fully saturated rings. The second-order valence-corrected chi connectivity index (χ2v) is 9.70. The Kier molecular flexibility index (Phi) is 8.22. The number of carbonyl (C=O) groups is 1. The van der Waals surface area contributed by atoms with Crippen LogP contribution in [-0.4, -0.2) is 41.6 Å². The van der Waals surface area contributed by atoms with E-state index in [-0.39, 0.29) is 5.91 Å². The van der Waals surface area contributed by atoms with E-state index in [1.54, 1.807) is 0 Å². The molecule has 0 atom stereocenters. The molecule has 1 amide bonds. The van der Waals surface area contributed by atoms with Gasteiger partial charge in [0.05, 0.1) is 0 Å². The van der Waals surface area contributed by atoms with Gasteiger partial charge in [0, 0.05) is 42.7 Å². The molecule has 0 aliphatic heterocycles. The lowest BCUT2D eigenvalue weighted by molar-refractivity contribution is -0.121. The SMILES string of the molecule is Cc1ccccc1Cn1cc(CCC(=O)NCCCN(C)C2CCCCC2)c2ccccc21. The summed E-state index contributed by atoms with van der Waals surface area (Å²) in [6.45, 7) is 4.86. The topological polar surface area (TPSA) is 37.3 Å². The van der Waals surface area contributed by atoms with Gasteiger partial charge < -0.3 is 14.8 Å². The van der Waals surface area contributed by atoms with Gasteiger partial charge in [0.25, 0.3) is 0 Å². The lowest BCUT2D eigenvalue weighted by atomic mass is 9.94. The van der Waals surface area contributed by atoms with Crippen LogP contribution in [0.15, 0.2) is 54.7 Å². The highest BCUT2D eigenvalue weighted by atomic mass is 16.1. The summed E-state index contributed by atoms with van der Waals surface area (Å²) in [5.74, 6) is 0.158. The molecule has 33 heavy (non-hydrogen) atoms. The zero-order valence-electron chi connectivity index (χ0n) is 20.4. The van der Waals surface area contributed by atoms with E-state index in [0.717, 1.165) is 38.5 Å². The Morgan fingerprint density at radius 2 is 1.79 bits per heavy atom. The van der Waals surface area contributed by atoms with Gasteiger partial charge in [-0.25, -0.2) is 0 Å². The molecular formula is C29H39N3O. The van der Waals surface area contributed by atoms with Crippen LogP contribution in [0.25, 0.3) is 10.9 Å². The summed E-state index contributed by atoms with van der Waals surface area (Å²) in [4.78, 5) is 15.0. The third kappa shape index (κ3) is 6.26. The second kappa shape index (κ2) is 11.5. The third-order valence-electron chi connectivity index (χ3n) is 7.30. The van der Waals surface area contributed by atoms with Crippen molar-refractivity contribution < 1.29 is 4.79 Å². The van der Waals surface area contributed by atoms with Gasteiger partial charge in [-0.1, -0.05) is 61.7 Å². The fourth-order valence-corrected chi connectivity index (χ4v) is 5.22. The summed E-state index contributed by atoms with van der Waals surface area (Å²) in [6, 6.07) is 17.8. The van der Waals surface area contributed by atoms with Gasteiger partial charge in [-0.05, 0) is 69.0 Å². The van der Waals surface area contributed by atoms with E-state index >= 15 is 0 Å². The van der Waals surface area contributed by atoms with Crippen LogP contribution in [0.1, 0.15) is 61.6 Å². The van der Waals surface area contributed by atoms with E-state index in [2.05, 4.69) is 83.5 Å². The number of rotatable bonds is 10. The molecule has 0 bridgehead atoms. The number of aryl methyl sites for hydroxylation is 2. The molecule has 1 aliphatic carbocycles. The molecule has 2 aromatic carbocycles. The Balaban J connectivity index is 1.28. The number of benzene rings is 2. The van der Waals surface area contributed by atoms with Gasteiger partial charge in [-0.3, -0.25) is 4.79 Å². The first-order chi connectivity index (χ1) is 16.1. The fourth-order valence-electron chi connectivity index (χ4n) is 5.22. The monoisotopic (exact) mass is 445 g/mol. The highest BCUT2D eigenvalue weighted by Crippen LogP contribution is 2.24. The lowest BCUT2D eigenvalue weighted by Gasteiger charge is -2.31. The van der Waals surface area contributed by atoms with E-state index < -0.39 is 0 Å². The molecule has 4 nitrogen and oxygen atoms in total. The van der Waals surface area contributed by atoms with E-state index in [1.807, 2.05) is 0 Å². The zero-order valence-corrected chi connectivity index (χ0v) is 20.4. The molecule has 0 unspecified atom stereocenters. The molecule has 1 aromatic heterocycles. The maximum Gasteiger partial charge on any atom is 0.220 e. The maximum absolute atomic E-state index is 12.5. The van der Waals surface area contributed by atoms with Crippen molar-refractivity contribution in [3.05, 3.63) is 71.4 Å². The molecule has 0 radical (unpaired) electrons. The summed E-state index contributed by atoms with van der Waals surface area (Å²) in [5.41, 5.74) is 5.14. The normalized spacial score (nSPS) is 14.8. The van der Waals surface area contributed by atoms with Crippen LogP contribution in [0.2, 0.25) is 0 Å². The molecule has 1 saturated carbocycles. The summed E-state index contributed by atoms with van der Waals surface area (Å²) >= 11 is 0. The number of nitrogens with one attached hydrogen (secondary N) is 1. The number of hydrogen-bond acceptors (Lipinski definition) is 2. The van der Waals surface area contributed by atoms with Gasteiger partial charge >= 0.3 is 0 Å². The number of para-hydroxylation sites is 1. The van der Waals surface area contributed by atoms with Crippen LogP contribution in [0.3, 0.4) is 0 Å². The lowest BCUT2D eigenvalue weighted by Crippen LogP contribution is -2.35. The van der Waals surface area contributed by atoms with Crippen molar-refractivity contribution in [3.8, 4) is 0 Å². The molecule has 4 heteroatoms. The van der Waals surface area contributed by atoms with Crippen molar-refractivity contribution in [1.29, 1.82) is 0 Å². The Morgan fingerprint density at radius 3 is 2.61 bits per heavy atom. The number of fused-ring (bicyclic) bond motifs is 1. The summed E-state index contributed by atoms with van der Waals surface area (Å²) in [5, 5.41) is 4.40. The van der Waals surface area contributed by atoms with Crippen LogP contribution < -0.4 is 5.32 Å². The predicted octanol–water partition coefficient (Wildman–Crippen LogP) is 5.70. The van der Waals surface area contributed by atoms with Crippen molar-refractivity contribution in [3.63, 3.8) is 0 Å². The van der Waals surface area contributed by atoms with Crippen LogP contribution in [0, 0.1) is 6.92 Å². The molecule has 0 spiro atoms. The molecule has 3 aromatic rings. The molecule has 1 N–H and O–H groups in total. The Bertz CT molecular complexity index is 1050.